The summed E-state index contributed by atoms with van der Waals surface area (Å²) in [6, 6.07) is 0. The van der Waals surface area contributed by atoms with E-state index in [9.17, 15) is 0 Å². The van der Waals surface area contributed by atoms with Crippen molar-refractivity contribution in [3.05, 3.63) is 0 Å². The average molecular weight is 206 g/mol. The predicted molar refractivity (Wildman–Crippen MR) is 48.6 cm³/mol. The van der Waals surface area contributed by atoms with Crippen molar-refractivity contribution in [1.29, 1.82) is 0 Å². The van der Waals surface area contributed by atoms with Crippen LogP contribution in [0.1, 0.15) is 25.7 Å². The zero-order valence-corrected chi connectivity index (χ0v) is 7.99. The van der Waals surface area contributed by atoms with Crippen molar-refractivity contribution in [2.45, 2.75) is 25.7 Å². The van der Waals surface area contributed by atoms with E-state index in [1.165, 1.54) is 44.1 Å². The van der Waals surface area contributed by atoms with Crippen LogP contribution in [-0.2, 0) is 0 Å². The third-order valence-electron chi connectivity index (χ3n) is 2.14. The van der Waals surface area contributed by atoms with Crippen LogP contribution in [-0.4, -0.2) is 18.4 Å². The third-order valence-corrected chi connectivity index (χ3v) is 2.71. The van der Waals surface area contributed by atoms with E-state index in [1.807, 2.05) is 0 Å². The molecule has 0 aromatic heterocycles. The summed E-state index contributed by atoms with van der Waals surface area (Å²) in [7, 11) is 0. The van der Waals surface area contributed by atoms with Crippen LogP contribution in [0.4, 0.5) is 0 Å². The summed E-state index contributed by atoms with van der Waals surface area (Å²) in [5.41, 5.74) is 0. The minimum atomic E-state index is 0.964. The van der Waals surface area contributed by atoms with Gasteiger partial charge in [-0.2, -0.15) is 0 Å². The molecule has 1 nitrogen and oxygen atoms in total. The van der Waals surface area contributed by atoms with Crippen LogP contribution < -0.4 is 5.32 Å². The topological polar surface area (TPSA) is 12.0 Å². The largest absolute Gasteiger partial charge is 0.316 e. The van der Waals surface area contributed by atoms with E-state index < -0.39 is 0 Å². The number of piperidine rings is 1. The molecule has 2 heteroatoms. The molecule has 1 atom stereocenters. The number of hydrogen-bond acceptors (Lipinski definition) is 1. The monoisotopic (exact) mass is 205 g/mol. The van der Waals surface area contributed by atoms with Crippen molar-refractivity contribution in [3.8, 4) is 0 Å². The third kappa shape index (κ3) is 3.02. The minimum Gasteiger partial charge on any atom is -0.316 e. The summed E-state index contributed by atoms with van der Waals surface area (Å²) < 4.78 is 0. The van der Waals surface area contributed by atoms with Gasteiger partial charge in [-0.1, -0.05) is 15.9 Å². The van der Waals surface area contributed by atoms with Crippen LogP contribution in [0.3, 0.4) is 0 Å². The lowest BCUT2D eigenvalue weighted by molar-refractivity contribution is 0.356. The van der Waals surface area contributed by atoms with Gasteiger partial charge in [-0.15, -0.1) is 0 Å². The van der Waals surface area contributed by atoms with Gasteiger partial charge >= 0.3 is 0 Å². The van der Waals surface area contributed by atoms with Gasteiger partial charge in [0.05, 0.1) is 0 Å². The Labute approximate surface area is 71.7 Å². The standard InChI is InChI=1S/C8H16BrN/c9-5-1-3-8-4-2-6-10-7-8/h8,10H,1-7H2/t8-/m1/s1. The van der Waals surface area contributed by atoms with Gasteiger partial charge in [-0.25, -0.2) is 0 Å². The molecular weight excluding hydrogens is 190 g/mol. The van der Waals surface area contributed by atoms with Crippen molar-refractivity contribution in [2.24, 2.45) is 5.92 Å². The highest BCUT2D eigenvalue weighted by molar-refractivity contribution is 9.09. The summed E-state index contributed by atoms with van der Waals surface area (Å²) in [6.45, 7) is 2.50. The van der Waals surface area contributed by atoms with Crippen LogP contribution in [0.25, 0.3) is 0 Å². The van der Waals surface area contributed by atoms with E-state index in [0.29, 0.717) is 0 Å². The van der Waals surface area contributed by atoms with Gasteiger partial charge in [0.1, 0.15) is 0 Å². The zero-order chi connectivity index (χ0) is 7.23. The molecule has 0 spiro atoms. The van der Waals surface area contributed by atoms with Crippen molar-refractivity contribution in [2.75, 3.05) is 18.4 Å². The van der Waals surface area contributed by atoms with Crippen LogP contribution >= 0.6 is 15.9 Å². The molecule has 0 unspecified atom stereocenters. The molecule has 0 aromatic rings. The van der Waals surface area contributed by atoms with Crippen LogP contribution in [0.15, 0.2) is 0 Å². The molecule has 0 radical (unpaired) electrons. The Morgan fingerprint density at radius 2 is 2.40 bits per heavy atom. The van der Waals surface area contributed by atoms with E-state index in [-0.39, 0.29) is 0 Å². The zero-order valence-electron chi connectivity index (χ0n) is 6.41. The Bertz CT molecular complexity index is 79.3. The van der Waals surface area contributed by atoms with Crippen LogP contribution in [0.2, 0.25) is 0 Å². The van der Waals surface area contributed by atoms with Gasteiger partial charge in [-0.3, -0.25) is 0 Å². The fourth-order valence-corrected chi connectivity index (χ4v) is 1.86. The second-order valence-corrected chi connectivity index (χ2v) is 3.84. The molecular formula is C8H16BrN. The lowest BCUT2D eigenvalue weighted by atomic mass is 9.95. The molecule has 0 aromatic carbocycles. The van der Waals surface area contributed by atoms with E-state index >= 15 is 0 Å². The second kappa shape index (κ2) is 5.14. The predicted octanol–water partition coefficient (Wildman–Crippen LogP) is 2.16. The molecule has 10 heavy (non-hydrogen) atoms. The minimum absolute atomic E-state index is 0.964. The quantitative estimate of drug-likeness (QED) is 0.697. The normalized spacial score (nSPS) is 26.7. The molecule has 0 aliphatic carbocycles. The van der Waals surface area contributed by atoms with E-state index in [1.54, 1.807) is 0 Å². The second-order valence-electron chi connectivity index (χ2n) is 3.04. The fraction of sp³-hybridized carbons (Fsp3) is 1.00. The molecule has 0 bridgehead atoms. The van der Waals surface area contributed by atoms with Gasteiger partial charge in [-0.05, 0) is 44.7 Å². The van der Waals surface area contributed by atoms with E-state index in [0.717, 1.165) is 5.92 Å². The molecule has 0 amide bonds. The molecule has 1 rings (SSSR count). The summed E-state index contributed by atoms with van der Waals surface area (Å²) >= 11 is 3.46. The van der Waals surface area contributed by atoms with Gasteiger partial charge in [0, 0.05) is 5.33 Å². The Balaban J connectivity index is 2.02. The maximum absolute atomic E-state index is 3.46. The van der Waals surface area contributed by atoms with Gasteiger partial charge in [0.15, 0.2) is 0 Å². The Hall–Kier alpha value is 0.440. The maximum Gasteiger partial charge on any atom is 0.00314 e. The molecule has 60 valence electrons. The Kier molecular flexibility index (Phi) is 4.39. The molecule has 1 aliphatic heterocycles. The highest BCUT2D eigenvalue weighted by atomic mass is 79.9. The van der Waals surface area contributed by atoms with Crippen LogP contribution in [0.5, 0.6) is 0 Å². The Morgan fingerprint density at radius 3 is 3.00 bits per heavy atom. The smallest absolute Gasteiger partial charge is 0.00314 e. The first-order valence-corrected chi connectivity index (χ1v) is 5.32. The number of halogens is 1. The molecule has 0 saturated carbocycles. The van der Waals surface area contributed by atoms with Gasteiger partial charge < -0.3 is 5.32 Å². The fourth-order valence-electron chi connectivity index (χ4n) is 1.54. The lowest BCUT2D eigenvalue weighted by Gasteiger charge is -2.21. The number of nitrogens with one attached hydrogen (secondary N) is 1. The van der Waals surface area contributed by atoms with Crippen molar-refractivity contribution < 1.29 is 0 Å². The maximum atomic E-state index is 3.46. The number of rotatable bonds is 3. The van der Waals surface area contributed by atoms with E-state index in [2.05, 4.69) is 21.2 Å². The summed E-state index contributed by atoms with van der Waals surface area (Å²) in [5, 5.41) is 4.60. The molecule has 1 aliphatic rings. The first kappa shape index (κ1) is 8.54. The number of alkyl halides is 1. The first-order valence-electron chi connectivity index (χ1n) is 4.20. The average Bonchev–Trinajstić information content (AvgIpc) is 2.03. The molecule has 1 heterocycles. The highest BCUT2D eigenvalue weighted by Crippen LogP contribution is 2.15. The van der Waals surface area contributed by atoms with Crippen molar-refractivity contribution in [1.82, 2.24) is 5.32 Å². The molecule has 1 fully saturated rings. The van der Waals surface area contributed by atoms with Gasteiger partial charge in [0.2, 0.25) is 0 Å². The van der Waals surface area contributed by atoms with Crippen LogP contribution in [0, 0.1) is 5.92 Å². The number of hydrogen-bond donors (Lipinski definition) is 1. The van der Waals surface area contributed by atoms with Crippen molar-refractivity contribution in [3.63, 3.8) is 0 Å². The Morgan fingerprint density at radius 1 is 1.50 bits per heavy atom. The molecule has 1 N–H and O–H groups in total. The summed E-state index contributed by atoms with van der Waals surface area (Å²) in [6.07, 6.45) is 5.57. The lowest BCUT2D eigenvalue weighted by Crippen LogP contribution is -2.29. The van der Waals surface area contributed by atoms with Gasteiger partial charge in [0.25, 0.3) is 0 Å². The van der Waals surface area contributed by atoms with E-state index in [4.69, 9.17) is 0 Å². The molecule has 1 saturated heterocycles. The highest BCUT2D eigenvalue weighted by Gasteiger charge is 2.11. The SMILES string of the molecule is BrCCC[C@@H]1CCCNC1. The summed E-state index contributed by atoms with van der Waals surface area (Å²) in [4.78, 5) is 0. The van der Waals surface area contributed by atoms with Crippen molar-refractivity contribution >= 4 is 15.9 Å². The summed E-state index contributed by atoms with van der Waals surface area (Å²) in [5.74, 6) is 0.964. The first-order chi connectivity index (χ1) is 4.93.